The second-order valence-corrected chi connectivity index (χ2v) is 8.27. The van der Waals surface area contributed by atoms with Crippen molar-refractivity contribution in [3.8, 4) is 5.75 Å². The van der Waals surface area contributed by atoms with Crippen LogP contribution in [-0.2, 0) is 14.4 Å². The van der Waals surface area contributed by atoms with Crippen LogP contribution in [0.5, 0.6) is 5.75 Å². The molecule has 3 amide bonds. The first-order valence-corrected chi connectivity index (χ1v) is 11.2. The number of benzene rings is 2. The van der Waals surface area contributed by atoms with Crippen LogP contribution in [0.1, 0.15) is 25.7 Å². The van der Waals surface area contributed by atoms with E-state index in [1.165, 1.54) is 0 Å². The number of ether oxygens (including phenoxy) is 1. The number of piperidine rings is 1. The number of nitrogens with one attached hydrogen (secondary N) is 1. The van der Waals surface area contributed by atoms with Crippen LogP contribution < -0.4 is 25.6 Å². The lowest BCUT2D eigenvalue weighted by molar-refractivity contribution is -0.512. The number of hydrogen-bond acceptors (Lipinski definition) is 5. The molecule has 5 N–H and O–H groups in total. The topological polar surface area (TPSA) is 133 Å². The molecule has 2 aromatic rings. The van der Waals surface area contributed by atoms with E-state index < -0.39 is 5.91 Å². The summed E-state index contributed by atoms with van der Waals surface area (Å²) in [5, 5.41) is 9.81. The molecule has 0 spiro atoms. The first-order valence-electron chi connectivity index (χ1n) is 11.2. The maximum Gasteiger partial charge on any atom is 0.313 e. The number of nitrogens with zero attached hydrogens (tertiary/aromatic N) is 2. The first kappa shape index (κ1) is 23.2. The van der Waals surface area contributed by atoms with Crippen LogP contribution in [0.15, 0.2) is 59.8 Å². The summed E-state index contributed by atoms with van der Waals surface area (Å²) < 4.78 is 5.19. The largest absolute Gasteiger partial charge is 0.497 e. The Morgan fingerprint density at radius 1 is 0.941 bits per heavy atom. The van der Waals surface area contributed by atoms with Gasteiger partial charge in [0.25, 0.3) is 5.91 Å². The summed E-state index contributed by atoms with van der Waals surface area (Å²) >= 11 is 0. The molecular weight excluding hydrogens is 434 g/mol. The Morgan fingerprint density at radius 2 is 1.59 bits per heavy atom. The van der Waals surface area contributed by atoms with Crippen LogP contribution >= 0.6 is 0 Å². The number of primary amides is 1. The van der Waals surface area contributed by atoms with E-state index in [1.54, 1.807) is 46.5 Å². The molecule has 2 aliphatic rings. The van der Waals surface area contributed by atoms with Crippen molar-refractivity contribution in [1.82, 2.24) is 0 Å². The van der Waals surface area contributed by atoms with Crippen molar-refractivity contribution in [2.75, 3.05) is 30.0 Å². The number of hydrogen-bond donors (Lipinski definition) is 3. The van der Waals surface area contributed by atoms with Crippen LogP contribution in [0.4, 0.5) is 17.1 Å². The fourth-order valence-electron chi connectivity index (χ4n) is 4.30. The summed E-state index contributed by atoms with van der Waals surface area (Å²) in [5.41, 5.74) is 7.84. The molecule has 34 heavy (non-hydrogen) atoms. The molecule has 176 valence electrons. The van der Waals surface area contributed by atoms with Crippen LogP contribution in [0.2, 0.25) is 0 Å². The van der Waals surface area contributed by atoms with E-state index in [4.69, 9.17) is 15.9 Å². The molecule has 0 aromatic heterocycles. The Balaban J connectivity index is 1.61. The predicted octanol–water partition coefficient (Wildman–Crippen LogP) is 1.60. The minimum absolute atomic E-state index is 0.113. The smallest absolute Gasteiger partial charge is 0.313 e. The number of nitrogens with two attached hydrogens (primary N) is 2. The van der Waals surface area contributed by atoms with Gasteiger partial charge in [0.1, 0.15) is 17.1 Å². The SMILES string of the molecule is COc1ccc([NH2+]C2=C(C(=N)C(N)=O)CCN(c3ccc(N4CCCCC4=O)cc3)C2=O)cc1. The van der Waals surface area contributed by atoms with Crippen molar-refractivity contribution in [2.45, 2.75) is 25.7 Å². The third kappa shape index (κ3) is 4.69. The lowest BCUT2D eigenvalue weighted by atomic mass is 9.98. The Labute approximate surface area is 197 Å². The zero-order chi connectivity index (χ0) is 24.2. The van der Waals surface area contributed by atoms with E-state index in [2.05, 4.69) is 0 Å². The van der Waals surface area contributed by atoms with E-state index >= 15 is 0 Å². The first-order chi connectivity index (χ1) is 16.4. The normalized spacial score (nSPS) is 16.6. The molecule has 1 saturated heterocycles. The Kier molecular flexibility index (Phi) is 6.74. The van der Waals surface area contributed by atoms with Gasteiger partial charge >= 0.3 is 5.91 Å². The van der Waals surface area contributed by atoms with Gasteiger partial charge in [-0.1, -0.05) is 0 Å². The predicted molar refractivity (Wildman–Crippen MR) is 128 cm³/mol. The minimum atomic E-state index is -0.868. The van der Waals surface area contributed by atoms with E-state index in [0.717, 1.165) is 24.2 Å². The molecule has 0 radical (unpaired) electrons. The molecule has 4 rings (SSSR count). The molecule has 1 fully saturated rings. The highest BCUT2D eigenvalue weighted by Gasteiger charge is 2.35. The van der Waals surface area contributed by atoms with Gasteiger partial charge in [0.05, 0.1) is 12.7 Å². The molecule has 2 aromatic carbocycles. The third-order valence-corrected chi connectivity index (χ3v) is 6.16. The number of anilines is 2. The van der Waals surface area contributed by atoms with Gasteiger partial charge < -0.3 is 20.3 Å². The molecule has 9 nitrogen and oxygen atoms in total. The Hall–Kier alpha value is -3.98. The molecule has 2 aliphatic heterocycles. The molecule has 2 heterocycles. The molecule has 0 aliphatic carbocycles. The number of carbonyl (C=O) groups excluding carboxylic acids is 3. The van der Waals surface area contributed by atoms with Gasteiger partial charge in [0.2, 0.25) is 11.6 Å². The molecule has 0 saturated carbocycles. The van der Waals surface area contributed by atoms with Gasteiger partial charge in [-0.3, -0.25) is 25.1 Å². The van der Waals surface area contributed by atoms with Crippen molar-refractivity contribution in [3.63, 3.8) is 0 Å². The fraction of sp³-hybridized carbons (Fsp3) is 0.280. The summed E-state index contributed by atoms with van der Waals surface area (Å²) in [4.78, 5) is 40.9. The highest BCUT2D eigenvalue weighted by molar-refractivity contribution is 6.44. The maximum atomic E-state index is 13.5. The maximum absolute atomic E-state index is 13.5. The highest BCUT2D eigenvalue weighted by Crippen LogP contribution is 2.28. The number of rotatable bonds is 7. The van der Waals surface area contributed by atoms with E-state index in [9.17, 15) is 14.4 Å². The lowest BCUT2D eigenvalue weighted by Gasteiger charge is -2.30. The monoisotopic (exact) mass is 462 g/mol. The van der Waals surface area contributed by atoms with Gasteiger partial charge in [-0.25, -0.2) is 0 Å². The summed E-state index contributed by atoms with van der Waals surface area (Å²) in [5.74, 6) is -0.389. The van der Waals surface area contributed by atoms with Gasteiger partial charge in [0.15, 0.2) is 0 Å². The van der Waals surface area contributed by atoms with Crippen molar-refractivity contribution in [1.29, 1.82) is 5.41 Å². The summed E-state index contributed by atoms with van der Waals surface area (Å²) in [6.07, 6.45) is 2.76. The van der Waals surface area contributed by atoms with Gasteiger partial charge in [0, 0.05) is 43.0 Å². The summed E-state index contributed by atoms with van der Waals surface area (Å²) in [6.45, 7) is 1.01. The molecular formula is C25H28N5O4+. The standard InChI is InChI=1S/C25H27N5O4/c1-34-19-11-5-16(6-12-19)28-23-20(22(26)24(27)32)13-15-30(25(23)33)18-9-7-17(8-10-18)29-14-3-2-4-21(29)31/h5-12,26,28H,2-4,13-15H2,1H3,(H2,27,32)/p+1. The Morgan fingerprint density at radius 3 is 2.18 bits per heavy atom. The molecule has 0 unspecified atom stereocenters. The number of methoxy groups -OCH3 is 1. The molecule has 0 atom stereocenters. The van der Waals surface area contributed by atoms with E-state index in [0.29, 0.717) is 42.9 Å². The summed E-state index contributed by atoms with van der Waals surface area (Å²) in [6, 6.07) is 14.5. The molecule has 0 bridgehead atoms. The quantitative estimate of drug-likeness (QED) is 0.426. The van der Waals surface area contributed by atoms with E-state index in [1.807, 2.05) is 24.3 Å². The van der Waals surface area contributed by atoms with Crippen molar-refractivity contribution < 1.29 is 24.4 Å². The molecule has 9 heteroatoms. The van der Waals surface area contributed by atoms with Gasteiger partial charge in [-0.05, 0) is 55.7 Å². The van der Waals surface area contributed by atoms with Crippen molar-refractivity contribution in [2.24, 2.45) is 5.73 Å². The number of carbonyl (C=O) groups is 3. The highest BCUT2D eigenvalue weighted by atomic mass is 16.5. The van der Waals surface area contributed by atoms with Crippen LogP contribution in [0, 0.1) is 5.41 Å². The second kappa shape index (κ2) is 9.88. The van der Waals surface area contributed by atoms with Crippen molar-refractivity contribution in [3.05, 3.63) is 59.8 Å². The average Bonchev–Trinajstić information content (AvgIpc) is 2.85. The van der Waals surface area contributed by atoms with Crippen molar-refractivity contribution >= 4 is 40.5 Å². The van der Waals surface area contributed by atoms with E-state index in [-0.39, 0.29) is 23.2 Å². The van der Waals surface area contributed by atoms with Crippen LogP contribution in [0.3, 0.4) is 0 Å². The Bertz CT molecular complexity index is 1150. The number of quaternary nitrogens is 1. The lowest BCUT2D eigenvalue weighted by Crippen LogP contribution is -2.80. The minimum Gasteiger partial charge on any atom is -0.497 e. The number of amides is 3. The average molecular weight is 463 g/mol. The van der Waals surface area contributed by atoms with Crippen LogP contribution in [0.25, 0.3) is 0 Å². The zero-order valence-corrected chi connectivity index (χ0v) is 19.0. The second-order valence-electron chi connectivity index (χ2n) is 8.27. The summed E-state index contributed by atoms with van der Waals surface area (Å²) in [7, 11) is 1.57. The third-order valence-electron chi connectivity index (χ3n) is 6.16. The fourth-order valence-corrected chi connectivity index (χ4v) is 4.30. The van der Waals surface area contributed by atoms with Crippen LogP contribution in [-0.4, -0.2) is 43.6 Å². The van der Waals surface area contributed by atoms with Gasteiger partial charge in [-0.2, -0.15) is 0 Å². The zero-order valence-electron chi connectivity index (χ0n) is 19.0. The van der Waals surface area contributed by atoms with Gasteiger partial charge in [-0.15, -0.1) is 0 Å².